The zero-order valence-corrected chi connectivity index (χ0v) is 19.5. The van der Waals surface area contributed by atoms with Gasteiger partial charge in [0.15, 0.2) is 5.43 Å². The van der Waals surface area contributed by atoms with E-state index < -0.39 is 6.04 Å². The van der Waals surface area contributed by atoms with E-state index in [0.29, 0.717) is 29.0 Å². The lowest BCUT2D eigenvalue weighted by molar-refractivity contribution is -0.896. The van der Waals surface area contributed by atoms with Gasteiger partial charge in [-0.1, -0.05) is 50.2 Å². The summed E-state index contributed by atoms with van der Waals surface area (Å²) >= 11 is 0. The van der Waals surface area contributed by atoms with Crippen LogP contribution in [0.1, 0.15) is 73.3 Å². The molecule has 0 spiro atoms. The molecule has 0 unspecified atom stereocenters. The van der Waals surface area contributed by atoms with Crippen LogP contribution in [-0.4, -0.2) is 37.0 Å². The molecule has 1 atom stereocenters. The molecule has 0 bridgehead atoms. The van der Waals surface area contributed by atoms with E-state index >= 15 is 0 Å². The van der Waals surface area contributed by atoms with Crippen LogP contribution < -0.4 is 10.3 Å². The number of hydrogen-bond acceptors (Lipinski definition) is 3. The lowest BCUT2D eigenvalue weighted by atomic mass is 9.95. The normalized spacial score (nSPS) is 15.9. The molecule has 4 rings (SSSR count). The van der Waals surface area contributed by atoms with Crippen LogP contribution in [0.4, 0.5) is 0 Å². The van der Waals surface area contributed by atoms with Gasteiger partial charge in [0.25, 0.3) is 5.91 Å². The van der Waals surface area contributed by atoms with Gasteiger partial charge in [-0.05, 0) is 43.0 Å². The highest BCUT2D eigenvalue weighted by molar-refractivity contribution is 5.99. The lowest BCUT2D eigenvalue weighted by Gasteiger charge is -2.26. The first-order chi connectivity index (χ1) is 15.5. The summed E-state index contributed by atoms with van der Waals surface area (Å²) in [5, 5.41) is 0.525. The average molecular weight is 434 g/mol. The fourth-order valence-electron chi connectivity index (χ4n) is 4.71. The fourth-order valence-corrected chi connectivity index (χ4v) is 4.71. The number of nitrogens with zero attached hydrogens (tertiary/aromatic N) is 1. The molecule has 2 aromatic carbocycles. The Balaban J connectivity index is 1.77. The number of fused-ring (bicyclic) bond motifs is 2. The summed E-state index contributed by atoms with van der Waals surface area (Å²) in [5.41, 5.74) is 3.03. The van der Waals surface area contributed by atoms with Crippen molar-refractivity contribution in [2.45, 2.75) is 46.1 Å². The van der Waals surface area contributed by atoms with Gasteiger partial charge in [0.1, 0.15) is 5.58 Å². The Kier molecular flexibility index (Phi) is 6.47. The molecular formula is C27H33N2O3+. The number of para-hydroxylation sites is 1. The van der Waals surface area contributed by atoms with E-state index in [4.69, 9.17) is 4.42 Å². The van der Waals surface area contributed by atoms with Gasteiger partial charge in [0.05, 0.1) is 36.6 Å². The molecule has 5 heteroatoms. The number of quaternary nitrogens is 1. The topological polar surface area (TPSA) is 55.0 Å². The first-order valence-electron chi connectivity index (χ1n) is 11.8. The number of carbonyl (C=O) groups is 1. The smallest absolute Gasteiger partial charge is 0.290 e. The largest absolute Gasteiger partial charge is 0.450 e. The molecule has 0 aliphatic carbocycles. The predicted molar refractivity (Wildman–Crippen MR) is 127 cm³/mol. The van der Waals surface area contributed by atoms with Gasteiger partial charge in [0, 0.05) is 13.0 Å². The molecule has 2 heterocycles. The Morgan fingerprint density at radius 2 is 1.69 bits per heavy atom. The highest BCUT2D eigenvalue weighted by Crippen LogP contribution is 2.38. The maximum absolute atomic E-state index is 13.5. The van der Waals surface area contributed by atoms with Crippen molar-refractivity contribution in [3.63, 3.8) is 0 Å². The highest BCUT2D eigenvalue weighted by atomic mass is 16.3. The number of benzene rings is 2. The fraction of sp³-hybridized carbons (Fsp3) is 0.407. The molecule has 1 aliphatic heterocycles. The molecule has 32 heavy (non-hydrogen) atoms. The third kappa shape index (κ3) is 3.97. The average Bonchev–Trinajstić information content (AvgIpc) is 3.09. The summed E-state index contributed by atoms with van der Waals surface area (Å²) in [7, 11) is 0. The quantitative estimate of drug-likeness (QED) is 0.588. The van der Waals surface area contributed by atoms with Gasteiger partial charge in [-0.15, -0.1) is 0 Å². The van der Waals surface area contributed by atoms with Crippen molar-refractivity contribution in [1.29, 1.82) is 0 Å². The standard InChI is InChI=1S/C27H32N2O3/c1-5-28(6-2)16-9-17-29-24(20-14-12-19(13-15-20)18(3)4)23-25(30)21-10-7-8-11-22(21)32-26(23)27(29)31/h7-8,10-15,18,24H,5-6,9,16-17H2,1-4H3/p+1/t24-/m0/s1. The molecule has 1 aromatic heterocycles. The summed E-state index contributed by atoms with van der Waals surface area (Å²) in [6.07, 6.45) is 0.880. The number of hydrogen-bond donors (Lipinski definition) is 1. The summed E-state index contributed by atoms with van der Waals surface area (Å²) < 4.78 is 6.01. The zero-order chi connectivity index (χ0) is 22.8. The Hall–Kier alpha value is -2.92. The van der Waals surface area contributed by atoms with E-state index in [2.05, 4.69) is 52.0 Å². The summed E-state index contributed by atoms with van der Waals surface area (Å²) in [5.74, 6) is 0.431. The van der Waals surface area contributed by atoms with Crippen molar-refractivity contribution in [2.24, 2.45) is 0 Å². The second kappa shape index (κ2) is 9.29. The number of nitrogens with one attached hydrogen (secondary N) is 1. The third-order valence-electron chi connectivity index (χ3n) is 6.72. The number of carbonyl (C=O) groups excluding carboxylic acids is 1. The lowest BCUT2D eigenvalue weighted by Crippen LogP contribution is -3.11. The molecule has 3 aromatic rings. The molecule has 5 nitrogen and oxygen atoms in total. The molecule has 0 saturated carbocycles. The second-order valence-electron chi connectivity index (χ2n) is 8.95. The predicted octanol–water partition coefficient (Wildman–Crippen LogP) is 3.78. The van der Waals surface area contributed by atoms with E-state index in [9.17, 15) is 9.59 Å². The van der Waals surface area contributed by atoms with Crippen molar-refractivity contribution >= 4 is 16.9 Å². The van der Waals surface area contributed by atoms with Crippen LogP contribution in [0, 0.1) is 0 Å². The van der Waals surface area contributed by atoms with Crippen LogP contribution in [0.15, 0.2) is 57.7 Å². The maximum Gasteiger partial charge on any atom is 0.290 e. The minimum Gasteiger partial charge on any atom is -0.450 e. The van der Waals surface area contributed by atoms with Crippen molar-refractivity contribution in [2.75, 3.05) is 26.2 Å². The van der Waals surface area contributed by atoms with Crippen molar-refractivity contribution in [3.8, 4) is 0 Å². The summed E-state index contributed by atoms with van der Waals surface area (Å²) in [6.45, 7) is 12.4. The monoisotopic (exact) mass is 433 g/mol. The van der Waals surface area contributed by atoms with Gasteiger partial charge >= 0.3 is 0 Å². The first-order valence-corrected chi connectivity index (χ1v) is 11.8. The minimum absolute atomic E-state index is 0.106. The molecule has 1 N–H and O–H groups in total. The van der Waals surface area contributed by atoms with E-state index in [1.165, 1.54) is 10.5 Å². The van der Waals surface area contributed by atoms with Gasteiger partial charge < -0.3 is 14.2 Å². The molecular weight excluding hydrogens is 400 g/mol. The molecule has 168 valence electrons. The maximum atomic E-state index is 13.5. The van der Waals surface area contributed by atoms with Gasteiger partial charge in [0.2, 0.25) is 5.76 Å². The molecule has 1 aliphatic rings. The van der Waals surface area contributed by atoms with Gasteiger partial charge in [-0.2, -0.15) is 0 Å². The van der Waals surface area contributed by atoms with Crippen LogP contribution >= 0.6 is 0 Å². The number of rotatable bonds is 8. The van der Waals surface area contributed by atoms with Gasteiger partial charge in [-0.3, -0.25) is 9.59 Å². The zero-order valence-electron chi connectivity index (χ0n) is 19.5. The Morgan fingerprint density at radius 3 is 2.34 bits per heavy atom. The Morgan fingerprint density at radius 1 is 1.00 bits per heavy atom. The first kappa shape index (κ1) is 22.3. The molecule has 0 radical (unpaired) electrons. The van der Waals surface area contributed by atoms with Crippen LogP contribution in [0.2, 0.25) is 0 Å². The van der Waals surface area contributed by atoms with Crippen LogP contribution in [0.5, 0.6) is 0 Å². The van der Waals surface area contributed by atoms with Crippen LogP contribution in [0.3, 0.4) is 0 Å². The third-order valence-corrected chi connectivity index (χ3v) is 6.72. The van der Waals surface area contributed by atoms with E-state index in [1.807, 2.05) is 17.0 Å². The SMILES string of the molecule is CC[NH+](CC)CCCN1C(=O)c2oc3ccccc3c(=O)c2[C@@H]1c1ccc(C(C)C)cc1. The van der Waals surface area contributed by atoms with E-state index in [-0.39, 0.29) is 17.1 Å². The molecule has 0 saturated heterocycles. The van der Waals surface area contributed by atoms with E-state index in [0.717, 1.165) is 31.6 Å². The summed E-state index contributed by atoms with van der Waals surface area (Å²) in [4.78, 5) is 30.3. The second-order valence-corrected chi connectivity index (χ2v) is 8.95. The van der Waals surface area contributed by atoms with Crippen molar-refractivity contribution < 1.29 is 14.1 Å². The van der Waals surface area contributed by atoms with Crippen LogP contribution in [-0.2, 0) is 0 Å². The summed E-state index contributed by atoms with van der Waals surface area (Å²) in [6, 6.07) is 15.1. The molecule has 1 amide bonds. The van der Waals surface area contributed by atoms with Crippen molar-refractivity contribution in [1.82, 2.24) is 4.90 Å². The highest BCUT2D eigenvalue weighted by Gasteiger charge is 2.42. The number of amides is 1. The van der Waals surface area contributed by atoms with Crippen molar-refractivity contribution in [3.05, 3.63) is 81.2 Å². The van der Waals surface area contributed by atoms with E-state index in [1.54, 1.807) is 12.1 Å². The Labute approximate surface area is 189 Å². The minimum atomic E-state index is -0.411. The molecule has 0 fully saturated rings. The van der Waals surface area contributed by atoms with Gasteiger partial charge in [-0.25, -0.2) is 0 Å². The Bertz CT molecular complexity index is 1160. The van der Waals surface area contributed by atoms with Crippen LogP contribution in [0.25, 0.3) is 11.0 Å².